The molecule has 2 amide bonds. The summed E-state index contributed by atoms with van der Waals surface area (Å²) in [5, 5.41) is 6.52. The number of urea groups is 1. The second-order valence-electron chi connectivity index (χ2n) is 11.1. The van der Waals surface area contributed by atoms with Crippen molar-refractivity contribution in [2.24, 2.45) is 0 Å². The van der Waals surface area contributed by atoms with Crippen molar-refractivity contribution in [2.75, 3.05) is 66.9 Å². The number of piperazine rings is 1. The number of carbonyl (C=O) groups is 1. The number of nitrogens with zero attached hydrogens (tertiary/aromatic N) is 4. The Morgan fingerprint density at radius 1 is 0.978 bits per heavy atom. The van der Waals surface area contributed by atoms with Gasteiger partial charge in [0.05, 0.1) is 24.5 Å². The van der Waals surface area contributed by atoms with Gasteiger partial charge in [0.1, 0.15) is 18.5 Å². The van der Waals surface area contributed by atoms with Crippen molar-refractivity contribution >= 4 is 57.9 Å². The molecule has 13 heteroatoms. The molecule has 3 aromatic carbocycles. The van der Waals surface area contributed by atoms with E-state index < -0.39 is 5.79 Å². The highest BCUT2D eigenvalue weighted by atomic mass is 35.5. The van der Waals surface area contributed by atoms with E-state index in [1.807, 2.05) is 53.2 Å². The molecule has 0 saturated carbocycles. The predicted molar refractivity (Wildman–Crippen MR) is 182 cm³/mol. The van der Waals surface area contributed by atoms with Crippen LogP contribution in [0.5, 0.6) is 5.75 Å². The fourth-order valence-electron chi connectivity index (χ4n) is 5.63. The maximum absolute atomic E-state index is 11.9. The molecule has 6 rings (SSSR count). The number of nitrogens with one attached hydrogen (secondary N) is 2. The zero-order valence-corrected chi connectivity index (χ0v) is 27.3. The molecular formula is C33H35Cl3N6O4. The number of amides is 2. The molecule has 2 saturated heterocycles. The summed E-state index contributed by atoms with van der Waals surface area (Å²) in [6, 6.07) is 21.1. The second kappa shape index (κ2) is 14.8. The molecule has 2 unspecified atom stereocenters. The fourth-order valence-corrected chi connectivity index (χ4v) is 6.28. The van der Waals surface area contributed by atoms with E-state index in [0.29, 0.717) is 47.8 Å². The first-order valence-electron chi connectivity index (χ1n) is 15.1. The van der Waals surface area contributed by atoms with Gasteiger partial charge in [-0.05, 0) is 60.7 Å². The SMILES string of the molecule is O=C(NCCCl)Nc1ccc(N2CCN(c3ccc(OCC4COC(Cn5ccnc5)(c5ccc(Cl)cc5Cl)O4)cc3)CC2)cc1. The third kappa shape index (κ3) is 7.82. The van der Waals surface area contributed by atoms with Gasteiger partial charge < -0.3 is 39.2 Å². The van der Waals surface area contributed by atoms with E-state index in [0.717, 1.165) is 49.0 Å². The smallest absolute Gasteiger partial charge is 0.319 e. The molecule has 46 heavy (non-hydrogen) atoms. The Bertz CT molecular complexity index is 1580. The Morgan fingerprint density at radius 3 is 2.30 bits per heavy atom. The van der Waals surface area contributed by atoms with Crippen LogP contribution in [0.2, 0.25) is 10.0 Å². The number of halogens is 3. The van der Waals surface area contributed by atoms with E-state index in [9.17, 15) is 4.79 Å². The molecule has 2 fully saturated rings. The van der Waals surface area contributed by atoms with Crippen molar-refractivity contribution < 1.29 is 19.0 Å². The lowest BCUT2D eigenvalue weighted by Gasteiger charge is -2.37. The first kappa shape index (κ1) is 32.3. The molecule has 3 heterocycles. The maximum atomic E-state index is 11.9. The van der Waals surface area contributed by atoms with Crippen LogP contribution in [0.4, 0.5) is 21.9 Å². The largest absolute Gasteiger partial charge is 0.491 e. The standard InChI is InChI=1S/C33H35Cl3N6O4/c34-11-12-38-32(43)39-25-2-4-26(5-3-25)41-15-17-42(18-16-41)27-6-8-28(9-7-27)44-20-29-21-45-33(46-29,22-40-14-13-37-23-40)30-10-1-24(35)19-31(30)36/h1-10,13-14,19,23,29H,11-12,15-18,20-22H2,(H2,38,39,43). The van der Waals surface area contributed by atoms with Crippen LogP contribution in [-0.2, 0) is 21.8 Å². The number of aromatic nitrogens is 2. The van der Waals surface area contributed by atoms with E-state index in [1.54, 1.807) is 24.7 Å². The van der Waals surface area contributed by atoms with Crippen molar-refractivity contribution in [1.29, 1.82) is 0 Å². The molecule has 10 nitrogen and oxygen atoms in total. The Hall–Kier alpha value is -3.67. The van der Waals surface area contributed by atoms with Crippen molar-refractivity contribution in [3.63, 3.8) is 0 Å². The van der Waals surface area contributed by atoms with Crippen LogP contribution in [0.1, 0.15) is 5.56 Å². The Balaban J connectivity index is 0.999. The minimum atomic E-state index is -1.10. The molecule has 2 atom stereocenters. The molecule has 0 spiro atoms. The lowest BCUT2D eigenvalue weighted by Crippen LogP contribution is -2.46. The molecule has 2 aliphatic rings. The van der Waals surface area contributed by atoms with Gasteiger partial charge in [0.15, 0.2) is 0 Å². The fraction of sp³-hybridized carbons (Fsp3) is 0.333. The summed E-state index contributed by atoms with van der Waals surface area (Å²) in [7, 11) is 0. The number of rotatable bonds is 11. The summed E-state index contributed by atoms with van der Waals surface area (Å²) in [5.74, 6) is 0.0368. The minimum absolute atomic E-state index is 0.262. The van der Waals surface area contributed by atoms with E-state index in [4.69, 9.17) is 49.0 Å². The van der Waals surface area contributed by atoms with Crippen LogP contribution in [0.25, 0.3) is 0 Å². The molecule has 0 bridgehead atoms. The summed E-state index contributed by atoms with van der Waals surface area (Å²) in [6.45, 7) is 5.02. The van der Waals surface area contributed by atoms with Gasteiger partial charge in [-0.15, -0.1) is 11.6 Å². The third-order valence-electron chi connectivity index (χ3n) is 7.94. The number of anilines is 3. The van der Waals surface area contributed by atoms with E-state index in [-0.39, 0.29) is 12.1 Å². The Labute approximate surface area is 283 Å². The minimum Gasteiger partial charge on any atom is -0.491 e. The molecule has 2 aliphatic heterocycles. The summed E-state index contributed by atoms with van der Waals surface area (Å²) in [5.41, 5.74) is 3.71. The normalized spacial score (nSPS) is 19.7. The Kier molecular flexibility index (Phi) is 10.4. The number of imidazole rings is 1. The van der Waals surface area contributed by atoms with Gasteiger partial charge in [-0.1, -0.05) is 29.3 Å². The number of alkyl halides is 1. The van der Waals surface area contributed by atoms with Gasteiger partial charge in [0.25, 0.3) is 0 Å². The zero-order chi connectivity index (χ0) is 31.9. The van der Waals surface area contributed by atoms with Gasteiger partial charge in [-0.25, -0.2) is 9.78 Å². The lowest BCUT2D eigenvalue weighted by atomic mass is 10.1. The van der Waals surface area contributed by atoms with Crippen molar-refractivity contribution in [3.05, 3.63) is 101 Å². The summed E-state index contributed by atoms with van der Waals surface area (Å²) in [4.78, 5) is 20.7. The van der Waals surface area contributed by atoms with E-state index in [2.05, 4.69) is 37.6 Å². The van der Waals surface area contributed by atoms with Crippen LogP contribution >= 0.6 is 34.8 Å². The molecule has 242 valence electrons. The summed E-state index contributed by atoms with van der Waals surface area (Å²) < 4.78 is 20.8. The van der Waals surface area contributed by atoms with Crippen molar-refractivity contribution in [2.45, 2.75) is 18.4 Å². The molecule has 4 aromatic rings. The van der Waals surface area contributed by atoms with Gasteiger partial charge in [0, 0.05) is 78.6 Å². The van der Waals surface area contributed by atoms with Crippen LogP contribution in [-0.4, -0.2) is 73.5 Å². The Morgan fingerprint density at radius 2 is 1.67 bits per heavy atom. The van der Waals surface area contributed by atoms with Gasteiger partial charge in [-0.3, -0.25) is 0 Å². The number of benzene rings is 3. The van der Waals surface area contributed by atoms with Crippen LogP contribution < -0.4 is 25.2 Å². The van der Waals surface area contributed by atoms with Gasteiger partial charge in [0.2, 0.25) is 5.79 Å². The molecule has 0 radical (unpaired) electrons. The van der Waals surface area contributed by atoms with Crippen molar-refractivity contribution in [1.82, 2.24) is 14.9 Å². The number of carbonyl (C=O) groups excluding carboxylic acids is 1. The molecular weight excluding hydrogens is 651 g/mol. The first-order chi connectivity index (χ1) is 22.4. The highest BCUT2D eigenvalue weighted by molar-refractivity contribution is 6.35. The lowest BCUT2D eigenvalue weighted by molar-refractivity contribution is -0.189. The molecule has 2 N–H and O–H groups in total. The second-order valence-corrected chi connectivity index (χ2v) is 12.3. The summed E-state index contributed by atoms with van der Waals surface area (Å²) in [6.07, 6.45) is 4.98. The van der Waals surface area contributed by atoms with E-state index >= 15 is 0 Å². The monoisotopic (exact) mass is 684 g/mol. The molecule has 1 aromatic heterocycles. The van der Waals surface area contributed by atoms with Crippen LogP contribution in [0.15, 0.2) is 85.5 Å². The average Bonchev–Trinajstić information content (AvgIpc) is 3.74. The van der Waals surface area contributed by atoms with Crippen molar-refractivity contribution in [3.8, 4) is 5.75 Å². The number of hydrogen-bond acceptors (Lipinski definition) is 7. The zero-order valence-electron chi connectivity index (χ0n) is 25.1. The van der Waals surface area contributed by atoms with Crippen LogP contribution in [0.3, 0.4) is 0 Å². The number of hydrogen-bond donors (Lipinski definition) is 2. The van der Waals surface area contributed by atoms with Crippen LogP contribution in [0, 0.1) is 0 Å². The third-order valence-corrected chi connectivity index (χ3v) is 8.68. The highest BCUT2D eigenvalue weighted by Gasteiger charge is 2.45. The topological polar surface area (TPSA) is 93.1 Å². The quantitative estimate of drug-likeness (QED) is 0.181. The highest BCUT2D eigenvalue weighted by Crippen LogP contribution is 2.40. The predicted octanol–water partition coefficient (Wildman–Crippen LogP) is 6.22. The summed E-state index contributed by atoms with van der Waals surface area (Å²) >= 11 is 18.4. The first-order valence-corrected chi connectivity index (χ1v) is 16.4. The maximum Gasteiger partial charge on any atom is 0.319 e. The average molecular weight is 686 g/mol. The van der Waals surface area contributed by atoms with Gasteiger partial charge in [-0.2, -0.15) is 0 Å². The van der Waals surface area contributed by atoms with E-state index in [1.165, 1.54) is 0 Å². The van der Waals surface area contributed by atoms with Gasteiger partial charge >= 0.3 is 6.03 Å². The molecule has 0 aliphatic carbocycles. The number of ether oxygens (including phenoxy) is 3.